The fourth-order valence-corrected chi connectivity index (χ4v) is 5.82. The average molecular weight is 530 g/mol. The smallest absolute Gasteiger partial charge is 0.426 e. The molecular weight excluding hydrogens is 510 g/mol. The molecule has 1 aromatic rings. The predicted octanol–water partition coefficient (Wildman–Crippen LogP) is -3.84. The fourth-order valence-electron chi connectivity index (χ4n) is 5.18. The highest BCUT2D eigenvalue weighted by Crippen LogP contribution is 2.51. The lowest BCUT2D eigenvalue weighted by molar-refractivity contribution is -0.219. The van der Waals surface area contributed by atoms with Gasteiger partial charge in [0.1, 0.15) is 53.3 Å². The van der Waals surface area contributed by atoms with Gasteiger partial charge < -0.3 is 18.9 Å². The molecule has 0 aromatic heterocycles. The van der Waals surface area contributed by atoms with Crippen LogP contribution in [0.25, 0.3) is 0 Å². The van der Waals surface area contributed by atoms with E-state index in [2.05, 4.69) is 4.74 Å². The van der Waals surface area contributed by atoms with Crippen molar-refractivity contribution in [3.05, 3.63) is 23.3 Å². The Morgan fingerprint density at radius 2 is 1.83 bits per heavy atom. The van der Waals surface area contributed by atoms with Crippen molar-refractivity contribution < 1.29 is 59.5 Å². The Morgan fingerprint density at radius 1 is 1.17 bits per heavy atom. The molecule has 0 amide bonds. The van der Waals surface area contributed by atoms with Crippen molar-refractivity contribution in [2.24, 2.45) is 11.8 Å². The zero-order valence-electron chi connectivity index (χ0n) is 19.3. The third-order valence-electron chi connectivity index (χ3n) is 6.60. The molecule has 3 heterocycles. The van der Waals surface area contributed by atoms with E-state index in [4.69, 9.17) is 18.8 Å². The first-order chi connectivity index (χ1) is 16.6. The molecule has 0 spiro atoms. The van der Waals surface area contributed by atoms with Gasteiger partial charge in [-0.25, -0.2) is 4.79 Å². The molecule has 2 bridgehead atoms. The summed E-state index contributed by atoms with van der Waals surface area (Å²) in [5.74, 6) is -8.19. The first kappa shape index (κ1) is 26.5. The summed E-state index contributed by atoms with van der Waals surface area (Å²) in [6, 6.07) is 3.50. The summed E-state index contributed by atoms with van der Waals surface area (Å²) in [4.78, 5) is 38.3. The topological polar surface area (TPSA) is 142 Å². The molecule has 3 fully saturated rings. The predicted molar refractivity (Wildman–Crippen MR) is 122 cm³/mol. The van der Waals surface area contributed by atoms with Crippen LogP contribution in [0.1, 0.15) is 15.9 Å². The molecule has 192 valence electrons. The van der Waals surface area contributed by atoms with Crippen LogP contribution in [-0.2, 0) is 45.0 Å². The molecule has 7 atom stereocenters. The molecule has 0 saturated carbocycles. The molecule has 17 heteroatoms. The summed E-state index contributed by atoms with van der Waals surface area (Å²) < 4.78 is 91.5. The third-order valence-corrected chi connectivity index (χ3v) is 7.32. The van der Waals surface area contributed by atoms with E-state index in [1.54, 1.807) is 13.9 Å². The summed E-state index contributed by atoms with van der Waals surface area (Å²) in [5.41, 5.74) is 2.60. The molecule has 10 nitrogen and oxygen atoms in total. The number of ether oxygens (including phenoxy) is 4. The summed E-state index contributed by atoms with van der Waals surface area (Å²) in [6.07, 6.45) is -12.8. The summed E-state index contributed by atoms with van der Waals surface area (Å²) in [7, 11) is 0.276. The van der Waals surface area contributed by atoms with E-state index in [9.17, 15) is 36.0 Å². The second-order valence-electron chi connectivity index (χ2n) is 9.07. The van der Waals surface area contributed by atoms with Crippen molar-refractivity contribution in [1.82, 2.24) is 0 Å². The number of hydrogen-bond donors (Lipinski definition) is 1. The van der Waals surface area contributed by atoms with Crippen molar-refractivity contribution in [2.75, 3.05) is 5.75 Å². The maximum absolute atomic E-state index is 13.3. The number of esters is 3. The molecule has 7 unspecified atom stereocenters. The van der Waals surface area contributed by atoms with Gasteiger partial charge in [0.2, 0.25) is 6.10 Å². The first-order valence-electron chi connectivity index (χ1n) is 11.0. The van der Waals surface area contributed by atoms with Crippen molar-refractivity contribution in [3.8, 4) is 0 Å². The van der Waals surface area contributed by atoms with E-state index in [-0.39, 0.29) is 5.56 Å². The Balaban J connectivity index is 1.59. The largest absolute Gasteiger partial charge is 0.455 e. The number of halogens is 3. The van der Waals surface area contributed by atoms with E-state index < -0.39 is 82.3 Å². The first-order valence-corrected chi connectivity index (χ1v) is 12.6. The molecule has 1 N–H and O–H groups in total. The molecule has 3 saturated heterocycles. The van der Waals surface area contributed by atoms with Gasteiger partial charge in [-0.1, -0.05) is 29.4 Å². The number of alkyl halides is 3. The van der Waals surface area contributed by atoms with Crippen LogP contribution in [0.4, 0.5) is 13.2 Å². The standard InChI is InChI=1S/C19H20B3F3O10S/c20-3-7-6(1-5(21)2-8(7)22)16(26)34-14-12-10(11-13(33-12)15(14)35-18(11)28)17(27)32-9(19(23,24)25)4-36(29,30)31/h1-2,9-15H,3-4,20-22H2,(H,29,30,31). The lowest BCUT2D eigenvalue weighted by atomic mass is 9.77. The van der Waals surface area contributed by atoms with Gasteiger partial charge in [-0.15, -0.1) is 0 Å². The minimum absolute atomic E-state index is 0.253. The highest BCUT2D eigenvalue weighted by molar-refractivity contribution is 7.85. The molecule has 4 rings (SSSR count). The van der Waals surface area contributed by atoms with Gasteiger partial charge in [-0.05, 0) is 5.56 Å². The van der Waals surface area contributed by atoms with Crippen LogP contribution in [-0.4, -0.2) is 96.9 Å². The number of fused-ring (bicyclic) bond motifs is 1. The van der Waals surface area contributed by atoms with E-state index in [0.29, 0.717) is 11.9 Å². The normalized spacial score (nSPS) is 29.6. The number of carbonyl (C=O) groups excluding carboxylic acids is 3. The van der Waals surface area contributed by atoms with Crippen molar-refractivity contribution in [1.29, 1.82) is 0 Å². The van der Waals surface area contributed by atoms with E-state index >= 15 is 0 Å². The number of hydrogen-bond acceptors (Lipinski definition) is 9. The van der Waals surface area contributed by atoms with Crippen LogP contribution in [0, 0.1) is 11.8 Å². The van der Waals surface area contributed by atoms with Crippen LogP contribution in [0.5, 0.6) is 0 Å². The Kier molecular flexibility index (Phi) is 6.71. The average Bonchev–Trinajstić information content (AvgIpc) is 3.34. The Labute approximate surface area is 206 Å². The van der Waals surface area contributed by atoms with Crippen LogP contribution in [0.3, 0.4) is 0 Å². The lowest BCUT2D eigenvalue weighted by Crippen LogP contribution is -2.50. The third kappa shape index (κ3) is 4.75. The van der Waals surface area contributed by atoms with Gasteiger partial charge in [0.25, 0.3) is 10.1 Å². The SMILES string of the molecule is BCc1c(B)cc(B)cc1C(=O)OC1C2OC(=O)C3C2OC1C3C(=O)OC(CS(=O)(=O)O)C(F)(F)F. The van der Waals surface area contributed by atoms with Gasteiger partial charge in [0.05, 0.1) is 5.56 Å². The minimum atomic E-state index is -5.33. The van der Waals surface area contributed by atoms with Crippen molar-refractivity contribution >= 4 is 62.5 Å². The van der Waals surface area contributed by atoms with Crippen LogP contribution < -0.4 is 10.9 Å². The Hall–Kier alpha value is -2.52. The molecule has 3 aliphatic heterocycles. The second-order valence-corrected chi connectivity index (χ2v) is 10.6. The van der Waals surface area contributed by atoms with Gasteiger partial charge >= 0.3 is 24.1 Å². The molecule has 0 radical (unpaired) electrons. The highest BCUT2D eigenvalue weighted by Gasteiger charge is 2.72. The molecular formula is C19H20B3F3O10S. The van der Waals surface area contributed by atoms with E-state index in [1.807, 2.05) is 21.8 Å². The van der Waals surface area contributed by atoms with Gasteiger partial charge in [-0.2, -0.15) is 21.6 Å². The number of benzene rings is 1. The quantitative estimate of drug-likeness (QED) is 0.161. The van der Waals surface area contributed by atoms with Crippen LogP contribution in [0.15, 0.2) is 12.1 Å². The zero-order valence-corrected chi connectivity index (χ0v) is 20.1. The maximum atomic E-state index is 13.3. The molecule has 0 aliphatic carbocycles. The summed E-state index contributed by atoms with van der Waals surface area (Å²) >= 11 is 0. The highest BCUT2D eigenvalue weighted by atomic mass is 32.2. The fraction of sp³-hybridized carbons (Fsp3) is 0.526. The van der Waals surface area contributed by atoms with E-state index in [1.165, 1.54) is 0 Å². The van der Waals surface area contributed by atoms with Gasteiger partial charge in [0.15, 0.2) is 12.2 Å². The van der Waals surface area contributed by atoms with E-state index in [0.717, 1.165) is 10.9 Å². The lowest BCUT2D eigenvalue weighted by Gasteiger charge is -2.29. The maximum Gasteiger partial charge on any atom is 0.426 e. The Bertz CT molecular complexity index is 1220. The molecule has 36 heavy (non-hydrogen) atoms. The summed E-state index contributed by atoms with van der Waals surface area (Å²) in [6.45, 7) is 0. The molecule has 3 aliphatic rings. The van der Waals surface area contributed by atoms with Gasteiger partial charge in [0, 0.05) is 0 Å². The van der Waals surface area contributed by atoms with Crippen molar-refractivity contribution in [3.63, 3.8) is 0 Å². The van der Waals surface area contributed by atoms with Crippen molar-refractivity contribution in [2.45, 2.75) is 43.0 Å². The second kappa shape index (κ2) is 9.10. The zero-order chi connectivity index (χ0) is 26.7. The summed E-state index contributed by atoms with van der Waals surface area (Å²) in [5, 5.41) is 0. The minimum Gasteiger partial charge on any atom is -0.455 e. The van der Waals surface area contributed by atoms with Crippen LogP contribution >= 0.6 is 0 Å². The number of carbonyl (C=O) groups is 3. The molecule has 1 aromatic carbocycles. The van der Waals surface area contributed by atoms with Crippen LogP contribution in [0.2, 0.25) is 0 Å². The monoisotopic (exact) mass is 530 g/mol. The van der Waals surface area contributed by atoms with Gasteiger partial charge in [-0.3, -0.25) is 14.1 Å². The Morgan fingerprint density at radius 3 is 2.42 bits per heavy atom. The number of rotatable bonds is 7.